The molecule has 0 aliphatic carbocycles. The van der Waals surface area contributed by atoms with Crippen molar-refractivity contribution < 1.29 is 19.1 Å². The number of hydrogen-bond acceptors (Lipinski definition) is 4. The van der Waals surface area contributed by atoms with Crippen molar-refractivity contribution in [3.8, 4) is 0 Å². The number of rotatable bonds is 14. The zero-order chi connectivity index (χ0) is 19.8. The normalized spacial score (nSPS) is 13.0. The molecule has 0 rings (SSSR count). The van der Waals surface area contributed by atoms with Crippen LogP contribution in [0.2, 0.25) is 0 Å². The Bertz CT molecular complexity index is 407. The Balaban J connectivity index is 3.61. The molecule has 0 heterocycles. The van der Waals surface area contributed by atoms with E-state index in [9.17, 15) is 9.59 Å². The van der Waals surface area contributed by atoms with Gasteiger partial charge in [0.25, 0.3) is 0 Å². The summed E-state index contributed by atoms with van der Waals surface area (Å²) >= 11 is 0. The lowest BCUT2D eigenvalue weighted by Crippen LogP contribution is -2.28. The van der Waals surface area contributed by atoms with E-state index in [1.165, 1.54) is 51.4 Å². The molecule has 0 aromatic carbocycles. The molecule has 0 radical (unpaired) electrons. The summed E-state index contributed by atoms with van der Waals surface area (Å²) in [6, 6.07) is 0. The summed E-state index contributed by atoms with van der Waals surface area (Å²) in [6.45, 7) is 10.5. The van der Waals surface area contributed by atoms with E-state index in [0.29, 0.717) is 6.61 Å². The van der Waals surface area contributed by atoms with Gasteiger partial charge in [0.15, 0.2) is 0 Å². The molecule has 0 N–H and O–H groups in total. The molecule has 4 nitrogen and oxygen atoms in total. The lowest BCUT2D eigenvalue weighted by atomic mass is 9.90. The largest absolute Gasteiger partial charge is 0.463 e. The third-order valence-corrected chi connectivity index (χ3v) is 4.61. The number of carbonyl (C=O) groups excluding carboxylic acids is 2. The number of ether oxygens (including phenoxy) is 2. The molecule has 0 aliphatic heterocycles. The van der Waals surface area contributed by atoms with Crippen LogP contribution in [-0.2, 0) is 19.1 Å². The van der Waals surface area contributed by atoms with Crippen LogP contribution in [-0.4, -0.2) is 24.6 Å². The van der Waals surface area contributed by atoms with Gasteiger partial charge in [0.05, 0.1) is 6.61 Å². The minimum Gasteiger partial charge on any atom is -0.463 e. The summed E-state index contributed by atoms with van der Waals surface area (Å²) in [5.74, 6) is -0.996. The maximum Gasteiger partial charge on any atom is 0.331 e. The maximum absolute atomic E-state index is 11.6. The first kappa shape index (κ1) is 24.7. The molecule has 0 aromatic rings. The quantitative estimate of drug-likeness (QED) is 0.215. The molecule has 0 amide bonds. The van der Waals surface area contributed by atoms with Gasteiger partial charge in [-0.05, 0) is 18.8 Å². The maximum atomic E-state index is 11.6. The molecule has 26 heavy (non-hydrogen) atoms. The standard InChI is InChI=1S/C22H40O4/c1-6-7-8-9-10-11-12-13-14-15-18-25-20(23)16-17-21(24)26-19(2)22(3,4)5/h16-17,19H,6-15,18H2,1-5H3/b17-16+. The van der Waals surface area contributed by atoms with Crippen LogP contribution in [0.1, 0.15) is 98.8 Å². The first-order chi connectivity index (χ1) is 12.3. The van der Waals surface area contributed by atoms with Crippen LogP contribution in [0, 0.1) is 5.41 Å². The molecule has 1 unspecified atom stereocenters. The van der Waals surface area contributed by atoms with E-state index in [1.807, 2.05) is 27.7 Å². The Hall–Kier alpha value is -1.32. The van der Waals surface area contributed by atoms with Crippen LogP contribution < -0.4 is 0 Å². The summed E-state index contributed by atoms with van der Waals surface area (Å²) in [5, 5.41) is 0. The van der Waals surface area contributed by atoms with E-state index in [-0.39, 0.29) is 11.5 Å². The molecule has 0 saturated heterocycles. The summed E-state index contributed by atoms with van der Waals surface area (Å²) in [7, 11) is 0. The van der Waals surface area contributed by atoms with E-state index in [0.717, 1.165) is 25.0 Å². The summed E-state index contributed by atoms with van der Waals surface area (Å²) < 4.78 is 10.3. The molecule has 0 bridgehead atoms. The highest BCUT2D eigenvalue weighted by Gasteiger charge is 2.22. The Morgan fingerprint density at radius 2 is 1.27 bits per heavy atom. The molecule has 0 aliphatic rings. The van der Waals surface area contributed by atoms with Crippen molar-refractivity contribution in [2.24, 2.45) is 5.41 Å². The first-order valence-corrected chi connectivity index (χ1v) is 10.3. The van der Waals surface area contributed by atoms with Gasteiger partial charge < -0.3 is 9.47 Å². The molecule has 4 heteroatoms. The number of esters is 2. The van der Waals surface area contributed by atoms with Gasteiger partial charge >= 0.3 is 11.9 Å². The van der Waals surface area contributed by atoms with Gasteiger partial charge in [-0.2, -0.15) is 0 Å². The third-order valence-electron chi connectivity index (χ3n) is 4.61. The summed E-state index contributed by atoms with van der Waals surface area (Å²) in [4.78, 5) is 23.2. The zero-order valence-corrected chi connectivity index (χ0v) is 17.6. The molecule has 0 spiro atoms. The van der Waals surface area contributed by atoms with E-state index in [4.69, 9.17) is 9.47 Å². The molecule has 152 valence electrons. The van der Waals surface area contributed by atoms with Gasteiger partial charge in [-0.1, -0.05) is 85.5 Å². The highest BCUT2D eigenvalue weighted by Crippen LogP contribution is 2.21. The van der Waals surface area contributed by atoms with Gasteiger partial charge in [-0.3, -0.25) is 0 Å². The van der Waals surface area contributed by atoms with Gasteiger partial charge in [0, 0.05) is 12.2 Å². The molecular weight excluding hydrogens is 328 g/mol. The predicted molar refractivity (Wildman–Crippen MR) is 107 cm³/mol. The van der Waals surface area contributed by atoms with E-state index >= 15 is 0 Å². The zero-order valence-electron chi connectivity index (χ0n) is 17.6. The topological polar surface area (TPSA) is 52.6 Å². The fourth-order valence-corrected chi connectivity index (χ4v) is 2.34. The van der Waals surface area contributed by atoms with Crippen LogP contribution in [0.15, 0.2) is 12.2 Å². The Morgan fingerprint density at radius 3 is 1.77 bits per heavy atom. The molecule has 0 saturated carbocycles. The minimum atomic E-state index is -0.511. The second-order valence-electron chi connectivity index (χ2n) is 8.13. The van der Waals surface area contributed by atoms with Gasteiger partial charge in [0.1, 0.15) is 6.10 Å². The Kier molecular flexibility index (Phi) is 14.1. The van der Waals surface area contributed by atoms with Crippen LogP contribution >= 0.6 is 0 Å². The highest BCUT2D eigenvalue weighted by atomic mass is 16.5. The van der Waals surface area contributed by atoms with Gasteiger partial charge in [-0.15, -0.1) is 0 Å². The minimum absolute atomic E-state index is 0.125. The van der Waals surface area contributed by atoms with Crippen LogP contribution in [0.3, 0.4) is 0 Å². The van der Waals surface area contributed by atoms with Crippen LogP contribution in [0.5, 0.6) is 0 Å². The van der Waals surface area contributed by atoms with Crippen molar-refractivity contribution in [3.63, 3.8) is 0 Å². The lowest BCUT2D eigenvalue weighted by molar-refractivity contribution is -0.147. The number of hydrogen-bond donors (Lipinski definition) is 0. The first-order valence-electron chi connectivity index (χ1n) is 10.3. The average molecular weight is 369 g/mol. The average Bonchev–Trinajstić information content (AvgIpc) is 2.57. The number of unbranched alkanes of at least 4 members (excludes halogenated alkanes) is 9. The summed E-state index contributed by atoms with van der Waals surface area (Å²) in [5.41, 5.74) is -0.125. The Morgan fingerprint density at radius 1 is 0.808 bits per heavy atom. The fraction of sp³-hybridized carbons (Fsp3) is 0.818. The van der Waals surface area contributed by atoms with Crippen molar-refractivity contribution in [1.29, 1.82) is 0 Å². The smallest absolute Gasteiger partial charge is 0.331 e. The molecule has 0 aromatic heterocycles. The third kappa shape index (κ3) is 15.0. The number of carbonyl (C=O) groups is 2. The molecule has 0 fully saturated rings. The second-order valence-corrected chi connectivity index (χ2v) is 8.13. The van der Waals surface area contributed by atoms with Crippen molar-refractivity contribution in [2.75, 3.05) is 6.61 Å². The predicted octanol–water partition coefficient (Wildman–Crippen LogP) is 5.98. The fourth-order valence-electron chi connectivity index (χ4n) is 2.34. The van der Waals surface area contributed by atoms with Crippen molar-refractivity contribution in [1.82, 2.24) is 0 Å². The van der Waals surface area contributed by atoms with Crippen LogP contribution in [0.4, 0.5) is 0 Å². The SMILES string of the molecule is CCCCCCCCCCCCOC(=O)/C=C/C(=O)OC(C)C(C)(C)C. The molecule has 1 atom stereocenters. The summed E-state index contributed by atoms with van der Waals surface area (Å²) in [6.07, 6.45) is 14.5. The monoisotopic (exact) mass is 368 g/mol. The second kappa shape index (κ2) is 14.8. The van der Waals surface area contributed by atoms with E-state index in [2.05, 4.69) is 6.92 Å². The lowest BCUT2D eigenvalue weighted by Gasteiger charge is -2.26. The Labute approximate surface area is 160 Å². The van der Waals surface area contributed by atoms with Crippen molar-refractivity contribution >= 4 is 11.9 Å². The van der Waals surface area contributed by atoms with E-state index < -0.39 is 11.9 Å². The van der Waals surface area contributed by atoms with Gasteiger partial charge in [0.2, 0.25) is 0 Å². The van der Waals surface area contributed by atoms with Crippen LogP contribution in [0.25, 0.3) is 0 Å². The van der Waals surface area contributed by atoms with Gasteiger partial charge in [-0.25, -0.2) is 9.59 Å². The molecular formula is C22H40O4. The van der Waals surface area contributed by atoms with Crippen molar-refractivity contribution in [3.05, 3.63) is 12.2 Å². The van der Waals surface area contributed by atoms with E-state index in [1.54, 1.807) is 0 Å². The highest BCUT2D eigenvalue weighted by molar-refractivity contribution is 5.91. The van der Waals surface area contributed by atoms with Crippen molar-refractivity contribution in [2.45, 2.75) is 105 Å².